The van der Waals surface area contributed by atoms with Crippen LogP contribution in [0.25, 0.3) is 0 Å². The van der Waals surface area contributed by atoms with E-state index in [4.69, 9.17) is 9.47 Å². The normalized spacial score (nSPS) is 11.1. The summed E-state index contributed by atoms with van der Waals surface area (Å²) in [7, 11) is 3.48. The maximum atomic E-state index is 5.23. The molecule has 0 aliphatic heterocycles. The maximum Gasteiger partial charge on any atom is 0.0637 e. The molecule has 0 unspecified atom stereocenters. The Bertz CT molecular complexity index is 375. The van der Waals surface area contributed by atoms with Crippen LogP contribution >= 0.6 is 0 Å². The van der Waals surface area contributed by atoms with Gasteiger partial charge in [0.15, 0.2) is 0 Å². The molecule has 21 heavy (non-hydrogen) atoms. The fraction of sp³-hybridized carbons (Fsp3) is 0.647. The molecule has 1 aromatic rings. The Labute approximate surface area is 129 Å². The van der Waals surface area contributed by atoms with Gasteiger partial charge in [0.05, 0.1) is 13.2 Å². The molecular formula is C17H30N2O2. The minimum Gasteiger partial charge on any atom is -0.383 e. The van der Waals surface area contributed by atoms with Crippen LogP contribution in [0.15, 0.2) is 24.3 Å². The van der Waals surface area contributed by atoms with E-state index in [0.29, 0.717) is 5.92 Å². The van der Waals surface area contributed by atoms with Crippen LogP contribution in [0.5, 0.6) is 0 Å². The second kappa shape index (κ2) is 10.6. The van der Waals surface area contributed by atoms with Gasteiger partial charge in [-0.25, -0.2) is 0 Å². The predicted octanol–water partition coefficient (Wildman–Crippen LogP) is 2.53. The summed E-state index contributed by atoms with van der Waals surface area (Å²) < 4.78 is 10.5. The van der Waals surface area contributed by atoms with Crippen LogP contribution in [-0.4, -0.2) is 47.1 Å². The summed E-state index contributed by atoms with van der Waals surface area (Å²) in [6.07, 6.45) is 0. The zero-order chi connectivity index (χ0) is 15.5. The Morgan fingerprint density at radius 3 is 2.24 bits per heavy atom. The molecule has 4 nitrogen and oxygen atoms in total. The SMILES string of the molecule is COCCN(CCOC)c1ccccc1CNCC(C)C. The van der Waals surface area contributed by atoms with Crippen molar-refractivity contribution in [3.05, 3.63) is 29.8 Å². The van der Waals surface area contributed by atoms with Gasteiger partial charge in [-0.1, -0.05) is 32.0 Å². The zero-order valence-corrected chi connectivity index (χ0v) is 13.9. The Morgan fingerprint density at radius 2 is 1.67 bits per heavy atom. The van der Waals surface area contributed by atoms with Crippen LogP contribution in [0, 0.1) is 5.92 Å². The first kappa shape index (κ1) is 18.0. The Morgan fingerprint density at radius 1 is 1.05 bits per heavy atom. The van der Waals surface area contributed by atoms with Gasteiger partial charge in [0.2, 0.25) is 0 Å². The molecule has 0 bridgehead atoms. The highest BCUT2D eigenvalue weighted by molar-refractivity contribution is 5.53. The molecule has 1 aromatic carbocycles. The second-order valence-electron chi connectivity index (χ2n) is 5.63. The monoisotopic (exact) mass is 294 g/mol. The molecular weight excluding hydrogens is 264 g/mol. The first-order chi connectivity index (χ1) is 10.2. The second-order valence-corrected chi connectivity index (χ2v) is 5.63. The number of para-hydroxylation sites is 1. The molecule has 1 rings (SSSR count). The number of hydrogen-bond donors (Lipinski definition) is 1. The first-order valence-corrected chi connectivity index (χ1v) is 7.70. The van der Waals surface area contributed by atoms with E-state index >= 15 is 0 Å². The molecule has 0 aromatic heterocycles. The van der Waals surface area contributed by atoms with Crippen LogP contribution in [0.2, 0.25) is 0 Å². The van der Waals surface area contributed by atoms with E-state index in [1.807, 2.05) is 0 Å². The molecule has 120 valence electrons. The molecule has 0 saturated carbocycles. The van der Waals surface area contributed by atoms with E-state index in [1.165, 1.54) is 11.3 Å². The van der Waals surface area contributed by atoms with Crippen molar-refractivity contribution in [2.75, 3.05) is 52.0 Å². The van der Waals surface area contributed by atoms with Crippen LogP contribution in [0.3, 0.4) is 0 Å². The highest BCUT2D eigenvalue weighted by Crippen LogP contribution is 2.20. The molecule has 0 saturated heterocycles. The van der Waals surface area contributed by atoms with E-state index in [9.17, 15) is 0 Å². The lowest BCUT2D eigenvalue weighted by atomic mass is 10.1. The predicted molar refractivity (Wildman–Crippen MR) is 89.0 cm³/mol. The van der Waals surface area contributed by atoms with Gasteiger partial charge >= 0.3 is 0 Å². The average Bonchev–Trinajstić information content (AvgIpc) is 2.48. The lowest BCUT2D eigenvalue weighted by Gasteiger charge is -2.27. The molecule has 0 aliphatic rings. The number of methoxy groups -OCH3 is 2. The third kappa shape index (κ3) is 6.93. The number of nitrogens with one attached hydrogen (secondary N) is 1. The maximum absolute atomic E-state index is 5.23. The minimum atomic E-state index is 0.662. The van der Waals surface area contributed by atoms with E-state index in [1.54, 1.807) is 14.2 Å². The van der Waals surface area contributed by atoms with E-state index in [-0.39, 0.29) is 0 Å². The summed E-state index contributed by atoms with van der Waals surface area (Å²) in [5.41, 5.74) is 2.59. The van der Waals surface area contributed by atoms with Crippen molar-refractivity contribution >= 4 is 5.69 Å². The summed E-state index contributed by atoms with van der Waals surface area (Å²) in [4.78, 5) is 2.33. The Kier molecular flexibility index (Phi) is 9.06. The van der Waals surface area contributed by atoms with Gasteiger partial charge in [0.1, 0.15) is 0 Å². The van der Waals surface area contributed by atoms with Gasteiger partial charge in [-0.15, -0.1) is 0 Å². The lowest BCUT2D eigenvalue weighted by Crippen LogP contribution is -2.32. The van der Waals surface area contributed by atoms with Gasteiger partial charge in [0, 0.05) is 39.5 Å². The van der Waals surface area contributed by atoms with Gasteiger partial charge in [0.25, 0.3) is 0 Å². The average molecular weight is 294 g/mol. The number of hydrogen-bond acceptors (Lipinski definition) is 4. The third-order valence-electron chi connectivity index (χ3n) is 3.33. The van der Waals surface area contributed by atoms with E-state index < -0.39 is 0 Å². The number of anilines is 1. The first-order valence-electron chi connectivity index (χ1n) is 7.70. The van der Waals surface area contributed by atoms with Gasteiger partial charge < -0.3 is 19.7 Å². The smallest absolute Gasteiger partial charge is 0.0637 e. The fourth-order valence-corrected chi connectivity index (χ4v) is 2.22. The largest absolute Gasteiger partial charge is 0.383 e. The molecule has 0 heterocycles. The topological polar surface area (TPSA) is 33.7 Å². The molecule has 0 radical (unpaired) electrons. The quantitative estimate of drug-likeness (QED) is 0.680. The fourth-order valence-electron chi connectivity index (χ4n) is 2.22. The van der Waals surface area contributed by atoms with Crippen LogP contribution < -0.4 is 10.2 Å². The highest BCUT2D eigenvalue weighted by Gasteiger charge is 2.10. The van der Waals surface area contributed by atoms with Gasteiger partial charge in [-0.3, -0.25) is 0 Å². The third-order valence-corrected chi connectivity index (χ3v) is 3.33. The van der Waals surface area contributed by atoms with Crippen molar-refractivity contribution in [3.63, 3.8) is 0 Å². The summed E-state index contributed by atoms with van der Waals surface area (Å²) in [5.74, 6) is 0.662. The van der Waals surface area contributed by atoms with E-state index in [0.717, 1.165) is 39.4 Å². The number of benzene rings is 1. The highest BCUT2D eigenvalue weighted by atomic mass is 16.5. The Hall–Kier alpha value is -1.10. The molecule has 0 amide bonds. The van der Waals surface area contributed by atoms with Crippen LogP contribution in [0.4, 0.5) is 5.69 Å². The van der Waals surface area contributed by atoms with Crippen molar-refractivity contribution in [1.82, 2.24) is 5.32 Å². The van der Waals surface area contributed by atoms with Crippen molar-refractivity contribution in [1.29, 1.82) is 0 Å². The van der Waals surface area contributed by atoms with Crippen molar-refractivity contribution in [2.24, 2.45) is 5.92 Å². The summed E-state index contributed by atoms with van der Waals surface area (Å²) >= 11 is 0. The van der Waals surface area contributed by atoms with Gasteiger partial charge in [-0.05, 0) is 24.1 Å². The molecule has 0 atom stereocenters. The van der Waals surface area contributed by atoms with Crippen molar-refractivity contribution in [2.45, 2.75) is 20.4 Å². The van der Waals surface area contributed by atoms with Crippen LogP contribution in [0.1, 0.15) is 19.4 Å². The van der Waals surface area contributed by atoms with E-state index in [2.05, 4.69) is 48.3 Å². The minimum absolute atomic E-state index is 0.662. The Balaban J connectivity index is 2.75. The number of ether oxygens (including phenoxy) is 2. The summed E-state index contributed by atoms with van der Waals surface area (Å²) in [5, 5.41) is 3.52. The van der Waals surface area contributed by atoms with Crippen molar-refractivity contribution in [3.8, 4) is 0 Å². The van der Waals surface area contributed by atoms with Gasteiger partial charge in [-0.2, -0.15) is 0 Å². The molecule has 0 fully saturated rings. The molecule has 1 N–H and O–H groups in total. The van der Waals surface area contributed by atoms with Crippen molar-refractivity contribution < 1.29 is 9.47 Å². The molecule has 0 aliphatic carbocycles. The number of rotatable bonds is 11. The van der Waals surface area contributed by atoms with Crippen LogP contribution in [-0.2, 0) is 16.0 Å². The lowest BCUT2D eigenvalue weighted by molar-refractivity contribution is 0.190. The summed E-state index contributed by atoms with van der Waals surface area (Å²) in [6, 6.07) is 8.56. The molecule has 0 spiro atoms. The number of nitrogens with zero attached hydrogens (tertiary/aromatic N) is 1. The standard InChI is InChI=1S/C17H30N2O2/c1-15(2)13-18-14-16-7-5-6-8-17(16)19(9-11-20-3)10-12-21-4/h5-8,15,18H,9-14H2,1-4H3. The molecule has 4 heteroatoms. The summed E-state index contributed by atoms with van der Waals surface area (Å²) in [6.45, 7) is 9.57. The zero-order valence-electron chi connectivity index (χ0n) is 13.9.